The molecule has 2 rings (SSSR count). The monoisotopic (exact) mass is 194 g/mol. The van der Waals surface area contributed by atoms with Gasteiger partial charge in [-0.3, -0.25) is 0 Å². The molecule has 0 aromatic heterocycles. The van der Waals surface area contributed by atoms with E-state index in [0.29, 0.717) is 5.61 Å². The lowest BCUT2D eigenvalue weighted by Gasteiger charge is -2.22. The van der Waals surface area contributed by atoms with Crippen molar-refractivity contribution in [1.82, 2.24) is 0 Å². The second kappa shape index (κ2) is 4.15. The third-order valence-electron chi connectivity index (χ3n) is 2.77. The molecule has 1 aliphatic carbocycles. The molecule has 0 radical (unpaired) electrons. The molecule has 0 aromatic rings. The highest BCUT2D eigenvalue weighted by Gasteiger charge is 2.42. The summed E-state index contributed by atoms with van der Waals surface area (Å²) in [5, 5.41) is 7.62. The fourth-order valence-electron chi connectivity index (χ4n) is 2.05. The summed E-state index contributed by atoms with van der Waals surface area (Å²) in [4.78, 5) is 0. The van der Waals surface area contributed by atoms with E-state index in [9.17, 15) is 0 Å². The van der Waals surface area contributed by atoms with Crippen LogP contribution in [0.1, 0.15) is 25.7 Å². The third-order valence-corrected chi connectivity index (χ3v) is 2.77. The van der Waals surface area contributed by atoms with Crippen LogP contribution in [0.2, 0.25) is 0 Å². The average Bonchev–Trinajstić information content (AvgIpc) is 2.61. The van der Waals surface area contributed by atoms with Crippen LogP contribution < -0.4 is 5.73 Å². The summed E-state index contributed by atoms with van der Waals surface area (Å²) in [6.45, 7) is 0. The van der Waals surface area contributed by atoms with Crippen LogP contribution in [-0.4, -0.2) is 24.9 Å². The lowest BCUT2D eigenvalue weighted by molar-refractivity contribution is 0.110. The van der Waals surface area contributed by atoms with E-state index in [1.165, 1.54) is 25.1 Å². The van der Waals surface area contributed by atoms with Crippen molar-refractivity contribution < 1.29 is 9.31 Å². The zero-order valence-corrected chi connectivity index (χ0v) is 8.11. The first-order valence-electron chi connectivity index (χ1n) is 5.09. The molecular formula is C9H15BN2O2. The predicted molar refractivity (Wildman–Crippen MR) is 55.0 cm³/mol. The molecule has 3 N–H and O–H groups in total. The molecule has 1 aliphatic heterocycles. The number of allylic oxidation sites excluding steroid dienone is 1. The Bertz CT molecular complexity index is 243. The molecule has 0 bridgehead atoms. The van der Waals surface area contributed by atoms with Crippen LogP contribution in [0.25, 0.3) is 0 Å². The van der Waals surface area contributed by atoms with Gasteiger partial charge >= 0.3 is 7.12 Å². The minimum absolute atomic E-state index is 0.195. The van der Waals surface area contributed by atoms with E-state index in [4.69, 9.17) is 20.5 Å². The van der Waals surface area contributed by atoms with Gasteiger partial charge in [0.05, 0.1) is 17.8 Å². The quantitative estimate of drug-likeness (QED) is 0.506. The molecule has 5 heteroatoms. The topological polar surface area (TPSA) is 68.3 Å². The largest absolute Gasteiger partial charge is 0.513 e. The summed E-state index contributed by atoms with van der Waals surface area (Å²) >= 11 is 0. The molecular weight excluding hydrogens is 179 g/mol. The van der Waals surface area contributed by atoms with Gasteiger partial charge in [-0.05, 0) is 25.1 Å². The number of hydrogen-bond donors (Lipinski definition) is 2. The van der Waals surface area contributed by atoms with Crippen molar-refractivity contribution in [2.24, 2.45) is 5.73 Å². The molecule has 76 valence electrons. The molecule has 1 unspecified atom stereocenters. The van der Waals surface area contributed by atoms with Gasteiger partial charge in [-0.25, -0.2) is 0 Å². The van der Waals surface area contributed by atoms with Crippen LogP contribution in [-0.2, 0) is 9.31 Å². The van der Waals surface area contributed by atoms with E-state index >= 15 is 0 Å². The normalized spacial score (nSPS) is 32.1. The summed E-state index contributed by atoms with van der Waals surface area (Å²) < 4.78 is 11.3. The van der Waals surface area contributed by atoms with E-state index < -0.39 is 7.12 Å². The maximum atomic E-state index is 7.62. The molecule has 4 nitrogen and oxygen atoms in total. The fraction of sp³-hybridized carbons (Fsp3) is 0.667. The molecule has 1 heterocycles. The van der Waals surface area contributed by atoms with Crippen LogP contribution in [0.3, 0.4) is 0 Å². The van der Waals surface area contributed by atoms with Crippen LogP contribution in [0.5, 0.6) is 0 Å². The highest BCUT2D eigenvalue weighted by atomic mass is 16.7. The predicted octanol–water partition coefficient (Wildman–Crippen LogP) is 0.864. The van der Waals surface area contributed by atoms with Crippen LogP contribution >= 0.6 is 0 Å². The average molecular weight is 194 g/mol. The van der Waals surface area contributed by atoms with E-state index in [0.717, 1.165) is 12.8 Å². The molecule has 1 saturated carbocycles. The maximum absolute atomic E-state index is 7.62. The van der Waals surface area contributed by atoms with Crippen LogP contribution in [0.15, 0.2) is 12.3 Å². The van der Waals surface area contributed by atoms with E-state index in [1.54, 1.807) is 0 Å². The Hall–Kier alpha value is -0.805. The van der Waals surface area contributed by atoms with Crippen molar-refractivity contribution in [1.29, 1.82) is 5.41 Å². The van der Waals surface area contributed by atoms with Crippen molar-refractivity contribution in [2.45, 2.75) is 37.9 Å². The zero-order valence-electron chi connectivity index (χ0n) is 8.11. The summed E-state index contributed by atoms with van der Waals surface area (Å²) in [5.74, 6) is 0. The van der Waals surface area contributed by atoms with Gasteiger partial charge in [0.2, 0.25) is 0 Å². The Morgan fingerprint density at radius 3 is 2.36 bits per heavy atom. The Morgan fingerprint density at radius 2 is 1.86 bits per heavy atom. The van der Waals surface area contributed by atoms with Gasteiger partial charge in [0.1, 0.15) is 0 Å². The van der Waals surface area contributed by atoms with Crippen molar-refractivity contribution in [3.63, 3.8) is 0 Å². The first-order valence-corrected chi connectivity index (χ1v) is 5.09. The van der Waals surface area contributed by atoms with Gasteiger partial charge in [0.15, 0.2) is 0 Å². The van der Waals surface area contributed by atoms with Gasteiger partial charge in [-0.1, -0.05) is 12.8 Å². The van der Waals surface area contributed by atoms with Crippen molar-refractivity contribution in [2.75, 3.05) is 0 Å². The van der Waals surface area contributed by atoms with Crippen molar-refractivity contribution in [3.8, 4) is 0 Å². The van der Waals surface area contributed by atoms with Gasteiger partial charge in [0, 0.05) is 0 Å². The molecule has 2 aliphatic rings. The maximum Gasteiger partial charge on any atom is 0.513 e. The third kappa shape index (κ3) is 1.83. The molecule has 2 fully saturated rings. The Labute approximate surface area is 84.1 Å². The van der Waals surface area contributed by atoms with E-state index in [2.05, 4.69) is 0 Å². The number of nitrogens with one attached hydrogen (secondary N) is 1. The van der Waals surface area contributed by atoms with Crippen LogP contribution in [0, 0.1) is 5.41 Å². The lowest BCUT2D eigenvalue weighted by atomic mass is 9.82. The second-order valence-corrected chi connectivity index (χ2v) is 3.78. The van der Waals surface area contributed by atoms with E-state index in [1.807, 2.05) is 0 Å². The summed E-state index contributed by atoms with van der Waals surface area (Å²) in [7, 11) is -0.497. The SMILES string of the molecule is N=C(/C=C\N)B1OC2CCCC[C@H]2O1. The van der Waals surface area contributed by atoms with Crippen LogP contribution in [0.4, 0.5) is 0 Å². The Balaban J connectivity index is 1.95. The Morgan fingerprint density at radius 1 is 1.29 bits per heavy atom. The summed E-state index contributed by atoms with van der Waals surface area (Å²) in [5.41, 5.74) is 5.52. The van der Waals surface area contributed by atoms with Crippen molar-refractivity contribution in [3.05, 3.63) is 12.3 Å². The number of rotatable bonds is 2. The first-order chi connectivity index (χ1) is 6.81. The lowest BCUT2D eigenvalue weighted by Crippen LogP contribution is -2.26. The fourth-order valence-corrected chi connectivity index (χ4v) is 2.05. The number of nitrogens with two attached hydrogens (primary N) is 1. The Kier molecular flexibility index (Phi) is 2.89. The molecule has 1 saturated heterocycles. The number of hydrogen-bond acceptors (Lipinski definition) is 4. The smallest absolute Gasteiger partial charge is 0.405 e. The standard InChI is InChI=1S/C9H15BN2O2/c11-6-5-9(12)10-13-7-3-1-2-4-8(7)14-10/h5-8,12H,1-4,11H2/b6-5-,12-9?/t7-,8?/m1/s1. The highest BCUT2D eigenvalue weighted by molar-refractivity contribution is 6.83. The highest BCUT2D eigenvalue weighted by Crippen LogP contribution is 2.30. The number of fused-ring (bicyclic) bond motifs is 1. The van der Waals surface area contributed by atoms with Gasteiger partial charge < -0.3 is 20.5 Å². The van der Waals surface area contributed by atoms with E-state index in [-0.39, 0.29) is 12.2 Å². The summed E-state index contributed by atoms with van der Waals surface area (Å²) in [6, 6.07) is 0. The minimum Gasteiger partial charge on any atom is -0.405 e. The minimum atomic E-state index is -0.497. The van der Waals surface area contributed by atoms with Crippen molar-refractivity contribution >= 4 is 12.7 Å². The molecule has 14 heavy (non-hydrogen) atoms. The first kappa shape index (κ1) is 9.74. The second-order valence-electron chi connectivity index (χ2n) is 3.78. The van der Waals surface area contributed by atoms with Gasteiger partial charge in [-0.2, -0.15) is 0 Å². The molecule has 0 aromatic carbocycles. The van der Waals surface area contributed by atoms with Gasteiger partial charge in [-0.15, -0.1) is 0 Å². The summed E-state index contributed by atoms with van der Waals surface area (Å²) in [6.07, 6.45) is 7.77. The molecule has 2 atom stereocenters. The van der Waals surface area contributed by atoms with Gasteiger partial charge in [0.25, 0.3) is 0 Å². The molecule has 0 spiro atoms. The zero-order chi connectivity index (χ0) is 9.97. The molecule has 0 amide bonds.